The molecule has 0 aromatic carbocycles. The van der Waals surface area contributed by atoms with Crippen molar-refractivity contribution < 1.29 is 33.0 Å². The van der Waals surface area contributed by atoms with Gasteiger partial charge in [-0.1, -0.05) is 0 Å². The zero-order chi connectivity index (χ0) is 10.3. The van der Waals surface area contributed by atoms with Crippen molar-refractivity contribution in [3.8, 4) is 0 Å². The van der Waals surface area contributed by atoms with Crippen molar-refractivity contribution in [2.45, 2.75) is 6.18 Å². The molecular formula is C8H5F3N3Os. The van der Waals surface area contributed by atoms with E-state index in [-0.39, 0.29) is 25.4 Å². The summed E-state index contributed by atoms with van der Waals surface area (Å²) in [6.45, 7) is 3.55. The van der Waals surface area contributed by atoms with E-state index in [2.05, 4.69) is 17.0 Å². The molecule has 0 N–H and O–H groups in total. The maximum absolute atomic E-state index is 12.2. The summed E-state index contributed by atoms with van der Waals surface area (Å²) in [5.41, 5.74) is 0.537. The van der Waals surface area contributed by atoms with Gasteiger partial charge in [-0.3, -0.25) is 9.50 Å². The van der Waals surface area contributed by atoms with Gasteiger partial charge in [0.2, 0.25) is 5.82 Å². The van der Waals surface area contributed by atoms with Gasteiger partial charge in [0, 0.05) is 6.20 Å². The molecule has 2 aromatic heterocycles. The summed E-state index contributed by atoms with van der Waals surface area (Å²) in [4.78, 5) is 3.35. The van der Waals surface area contributed by atoms with Gasteiger partial charge in [0.05, 0.1) is 5.65 Å². The molecular weight excluding hydrogens is 385 g/mol. The Morgan fingerprint density at radius 2 is 2.00 bits per heavy atom. The molecule has 81 valence electrons. The molecule has 0 bridgehead atoms. The van der Waals surface area contributed by atoms with Crippen LogP contribution in [-0.2, 0) is 26.0 Å². The molecule has 2 heterocycles. The van der Waals surface area contributed by atoms with Crippen LogP contribution in [0.1, 0.15) is 11.4 Å². The summed E-state index contributed by atoms with van der Waals surface area (Å²) in [6, 6.07) is 3.13. The zero-order valence-electron chi connectivity index (χ0n) is 7.27. The number of hydrogen-bond donors (Lipinski definition) is 0. The third kappa shape index (κ3) is 2.12. The number of alkyl halides is 3. The third-order valence-electron chi connectivity index (χ3n) is 1.70. The molecule has 0 saturated carbocycles. The van der Waals surface area contributed by atoms with Gasteiger partial charge in [0.1, 0.15) is 0 Å². The van der Waals surface area contributed by atoms with Crippen LogP contribution in [-0.4, -0.2) is 14.6 Å². The molecule has 0 aliphatic carbocycles. The molecule has 0 saturated heterocycles. The number of pyridine rings is 1. The summed E-state index contributed by atoms with van der Waals surface area (Å²) < 4.78 is 37.7. The monoisotopic (exact) mass is 392 g/mol. The smallest absolute Gasteiger partial charge is 0.275 e. The summed E-state index contributed by atoms with van der Waals surface area (Å²) >= 11 is 0. The Balaban J connectivity index is 0.00000112. The van der Waals surface area contributed by atoms with Crippen LogP contribution in [0.2, 0.25) is 0 Å². The van der Waals surface area contributed by atoms with Crippen molar-refractivity contribution in [1.82, 2.24) is 14.6 Å². The molecule has 0 unspecified atom stereocenters. The van der Waals surface area contributed by atoms with Crippen LogP contribution in [0.25, 0.3) is 5.65 Å². The maximum atomic E-state index is 12.2. The first kappa shape index (κ1) is 12.0. The predicted octanol–water partition coefficient (Wildman–Crippen LogP) is 1.93. The van der Waals surface area contributed by atoms with E-state index in [0.717, 1.165) is 4.52 Å². The fraction of sp³-hybridized carbons (Fsp3) is 0.125. The van der Waals surface area contributed by atoms with E-state index in [1.165, 1.54) is 6.20 Å². The second-order valence-electron chi connectivity index (χ2n) is 2.73. The van der Waals surface area contributed by atoms with Gasteiger partial charge in [-0.05, 0) is 0 Å². The van der Waals surface area contributed by atoms with Crippen LogP contribution in [0, 0.1) is 6.92 Å². The number of fused-ring (bicyclic) bond motifs is 1. The fourth-order valence-electron chi connectivity index (χ4n) is 1.08. The van der Waals surface area contributed by atoms with E-state index >= 15 is 0 Å². The fourth-order valence-corrected chi connectivity index (χ4v) is 1.08. The van der Waals surface area contributed by atoms with Crippen molar-refractivity contribution >= 4 is 5.65 Å². The molecule has 0 spiro atoms. The Morgan fingerprint density at radius 3 is 2.53 bits per heavy atom. The Bertz CT molecular complexity index is 477. The minimum atomic E-state index is -4.52. The molecule has 15 heavy (non-hydrogen) atoms. The van der Waals surface area contributed by atoms with E-state index in [4.69, 9.17) is 0 Å². The van der Waals surface area contributed by atoms with E-state index in [9.17, 15) is 13.2 Å². The summed E-state index contributed by atoms with van der Waals surface area (Å²) in [7, 11) is 0. The number of rotatable bonds is 0. The van der Waals surface area contributed by atoms with Crippen LogP contribution < -0.4 is 0 Å². The predicted molar refractivity (Wildman–Crippen MR) is 42.4 cm³/mol. The van der Waals surface area contributed by atoms with E-state index in [1.54, 1.807) is 12.1 Å². The molecule has 2 aromatic rings. The number of halogens is 3. The molecule has 0 atom stereocenters. The second-order valence-corrected chi connectivity index (χ2v) is 2.73. The minimum absolute atomic E-state index is 0. The van der Waals surface area contributed by atoms with Crippen molar-refractivity contribution in [1.29, 1.82) is 0 Å². The average Bonchev–Trinajstić information content (AvgIpc) is 2.48. The molecule has 1 radical (unpaired) electrons. The van der Waals surface area contributed by atoms with E-state index in [1.807, 2.05) is 0 Å². The average molecular weight is 390 g/mol. The first-order valence-corrected chi connectivity index (χ1v) is 3.73. The van der Waals surface area contributed by atoms with Gasteiger partial charge in [0.15, 0.2) is 0 Å². The molecule has 0 aliphatic rings. The van der Waals surface area contributed by atoms with Crippen LogP contribution in [0.3, 0.4) is 0 Å². The minimum Gasteiger partial charge on any atom is -0.275 e. The van der Waals surface area contributed by atoms with Gasteiger partial charge >= 0.3 is 26.0 Å². The van der Waals surface area contributed by atoms with Crippen molar-refractivity contribution in [3.05, 3.63) is 36.6 Å². The van der Waals surface area contributed by atoms with Gasteiger partial charge in [0.25, 0.3) is 0 Å². The topological polar surface area (TPSA) is 30.2 Å². The molecule has 7 heteroatoms. The van der Waals surface area contributed by atoms with Crippen LogP contribution in [0.15, 0.2) is 18.3 Å². The van der Waals surface area contributed by atoms with Crippen molar-refractivity contribution in [2.24, 2.45) is 0 Å². The molecule has 0 fully saturated rings. The Hall–Kier alpha value is -1.08. The van der Waals surface area contributed by atoms with Crippen molar-refractivity contribution in [3.63, 3.8) is 0 Å². The van der Waals surface area contributed by atoms with E-state index < -0.39 is 12.0 Å². The van der Waals surface area contributed by atoms with Gasteiger partial charge < -0.3 is 0 Å². The first-order chi connectivity index (χ1) is 6.48. The maximum Gasteiger partial charge on any atom is 1.00 e. The first-order valence-electron chi connectivity index (χ1n) is 3.73. The molecule has 0 aliphatic heterocycles. The Kier molecular flexibility index (Phi) is 3.05. The quantitative estimate of drug-likeness (QED) is 0.644. The van der Waals surface area contributed by atoms with E-state index in [0.29, 0.717) is 5.56 Å². The number of aromatic nitrogens is 3. The summed E-state index contributed by atoms with van der Waals surface area (Å²) in [6.07, 6.45) is -3.12. The summed E-state index contributed by atoms with van der Waals surface area (Å²) in [5, 5.41) is 3.29. The normalized spacial score (nSPS) is 11.4. The SMILES string of the molecule is [CH2-]c1cccn2nc(C(F)(F)F)nc12.[Os+]. The van der Waals surface area contributed by atoms with Gasteiger partial charge in [-0.25, -0.2) is 0 Å². The van der Waals surface area contributed by atoms with Crippen molar-refractivity contribution in [2.75, 3.05) is 0 Å². The number of nitrogens with zero attached hydrogens (tertiary/aromatic N) is 3. The van der Waals surface area contributed by atoms with Crippen LogP contribution in [0.5, 0.6) is 0 Å². The number of hydrogen-bond acceptors (Lipinski definition) is 2. The van der Waals surface area contributed by atoms with Gasteiger partial charge in [-0.2, -0.15) is 36.8 Å². The molecule has 3 nitrogen and oxygen atoms in total. The summed E-state index contributed by atoms with van der Waals surface area (Å²) in [5.74, 6) is -1.14. The van der Waals surface area contributed by atoms with Crippen LogP contribution >= 0.6 is 0 Å². The Labute approximate surface area is 96.4 Å². The van der Waals surface area contributed by atoms with Crippen LogP contribution in [0.4, 0.5) is 13.2 Å². The van der Waals surface area contributed by atoms with Gasteiger partial charge in [-0.15, -0.1) is 6.07 Å². The third-order valence-corrected chi connectivity index (χ3v) is 1.70. The molecule has 2 rings (SSSR count). The zero-order valence-corrected chi connectivity index (χ0v) is 9.81. The Morgan fingerprint density at radius 1 is 1.33 bits per heavy atom. The standard InChI is InChI=1S/C8H5F3N3.Os/c1-5-3-2-4-14-6(5)12-7(13-14)8(9,10)11;/h2-4H,1H2;/q-1;+1. The second kappa shape index (κ2) is 3.82. The largest absolute Gasteiger partial charge is 1.00 e. The molecule has 0 amide bonds.